The molecule has 1 aromatic rings. The van der Waals surface area contributed by atoms with E-state index >= 15 is 0 Å². The molecule has 0 unspecified atom stereocenters. The van der Waals surface area contributed by atoms with Crippen molar-refractivity contribution in [1.29, 1.82) is 0 Å². The number of hydrogen-bond donors (Lipinski definition) is 2. The van der Waals surface area contributed by atoms with E-state index < -0.39 is 5.97 Å². The van der Waals surface area contributed by atoms with Crippen LogP contribution in [0.4, 0.5) is 5.82 Å². The second-order valence-electron chi connectivity index (χ2n) is 2.12. The van der Waals surface area contributed by atoms with Crippen molar-refractivity contribution in [2.45, 2.75) is 6.92 Å². The summed E-state index contributed by atoms with van der Waals surface area (Å²) in [6.07, 6.45) is 1.53. The Morgan fingerprint density at radius 3 is 3.08 bits per heavy atom. The Bertz CT molecular complexity index is 269. The third kappa shape index (κ3) is 1.75. The predicted molar refractivity (Wildman–Crippen MR) is 44.1 cm³/mol. The third-order valence-electron chi connectivity index (χ3n) is 1.31. The third-order valence-corrected chi connectivity index (χ3v) is 1.31. The Hall–Kier alpha value is -1.52. The van der Waals surface area contributed by atoms with Gasteiger partial charge in [0.15, 0.2) is 0 Å². The second kappa shape index (κ2) is 3.75. The number of aromatic amines is 1. The number of esters is 1. The molecule has 0 saturated heterocycles. The number of hydrogen-bond acceptors (Lipinski definition) is 4. The van der Waals surface area contributed by atoms with Crippen LogP contribution in [0.2, 0.25) is 0 Å². The van der Waals surface area contributed by atoms with Crippen LogP contribution in [0.5, 0.6) is 0 Å². The smallest absolute Gasteiger partial charge is 0.374 e. The monoisotopic (exact) mass is 169 g/mol. The zero-order valence-electron chi connectivity index (χ0n) is 7.05. The number of nitrogens with zero attached hydrogens (tertiary/aromatic N) is 1. The van der Waals surface area contributed by atoms with E-state index in [0.29, 0.717) is 12.4 Å². The standard InChI is InChI=1S/C7H11N3O2/c1-3-12-7(11)6-9-4-5(8-2)10-6/h4,8H,3H2,1-2H3,(H,9,10). The van der Waals surface area contributed by atoms with Crippen LogP contribution in [-0.4, -0.2) is 29.6 Å². The number of H-pyrrole nitrogens is 1. The summed E-state index contributed by atoms with van der Waals surface area (Å²) in [7, 11) is 1.74. The van der Waals surface area contributed by atoms with Gasteiger partial charge in [-0.2, -0.15) is 0 Å². The van der Waals surface area contributed by atoms with Crippen molar-refractivity contribution in [3.63, 3.8) is 0 Å². The number of carbonyl (C=O) groups excluding carboxylic acids is 1. The average molecular weight is 169 g/mol. The van der Waals surface area contributed by atoms with E-state index in [1.54, 1.807) is 14.0 Å². The molecule has 0 atom stereocenters. The molecule has 0 aliphatic carbocycles. The molecule has 5 nitrogen and oxygen atoms in total. The molecular weight excluding hydrogens is 158 g/mol. The first-order valence-electron chi connectivity index (χ1n) is 3.67. The molecule has 0 saturated carbocycles. The van der Waals surface area contributed by atoms with E-state index in [4.69, 9.17) is 4.74 Å². The molecule has 0 aromatic carbocycles. The van der Waals surface area contributed by atoms with Crippen molar-refractivity contribution in [2.75, 3.05) is 19.0 Å². The summed E-state index contributed by atoms with van der Waals surface area (Å²) < 4.78 is 4.73. The highest BCUT2D eigenvalue weighted by molar-refractivity contribution is 5.85. The van der Waals surface area contributed by atoms with Crippen molar-refractivity contribution < 1.29 is 9.53 Å². The van der Waals surface area contributed by atoms with Gasteiger partial charge in [-0.1, -0.05) is 0 Å². The van der Waals surface area contributed by atoms with Gasteiger partial charge in [-0.15, -0.1) is 0 Å². The number of carbonyl (C=O) groups is 1. The van der Waals surface area contributed by atoms with Crippen LogP contribution < -0.4 is 5.32 Å². The van der Waals surface area contributed by atoms with Gasteiger partial charge >= 0.3 is 5.97 Å². The van der Waals surface area contributed by atoms with Crippen molar-refractivity contribution >= 4 is 11.8 Å². The minimum Gasteiger partial charge on any atom is -0.460 e. The summed E-state index contributed by atoms with van der Waals surface area (Å²) >= 11 is 0. The second-order valence-corrected chi connectivity index (χ2v) is 2.12. The van der Waals surface area contributed by atoms with Crippen LogP contribution in [0.15, 0.2) is 6.20 Å². The maximum absolute atomic E-state index is 11.0. The molecule has 1 aromatic heterocycles. The molecule has 1 heterocycles. The van der Waals surface area contributed by atoms with Crippen molar-refractivity contribution in [1.82, 2.24) is 9.97 Å². The maximum Gasteiger partial charge on any atom is 0.374 e. The van der Waals surface area contributed by atoms with Gasteiger partial charge in [0.1, 0.15) is 5.82 Å². The lowest BCUT2D eigenvalue weighted by atomic mass is 10.6. The summed E-state index contributed by atoms with van der Waals surface area (Å²) in [5.74, 6) is 0.484. The van der Waals surface area contributed by atoms with Gasteiger partial charge in [-0.3, -0.25) is 0 Å². The van der Waals surface area contributed by atoms with Crippen LogP contribution in [-0.2, 0) is 4.74 Å². The Balaban J connectivity index is 2.68. The molecule has 66 valence electrons. The summed E-state index contributed by atoms with van der Waals surface area (Å²) in [5, 5.41) is 2.82. The zero-order chi connectivity index (χ0) is 8.97. The lowest BCUT2D eigenvalue weighted by Crippen LogP contribution is -2.06. The Morgan fingerprint density at radius 2 is 2.58 bits per heavy atom. The van der Waals surface area contributed by atoms with E-state index in [0.717, 1.165) is 0 Å². The molecule has 0 aliphatic heterocycles. The Labute approximate surface area is 70.1 Å². The quantitative estimate of drug-likeness (QED) is 0.651. The normalized spacial score (nSPS) is 9.50. The fourth-order valence-electron chi connectivity index (χ4n) is 0.751. The van der Waals surface area contributed by atoms with Gasteiger partial charge in [-0.25, -0.2) is 9.78 Å². The first-order chi connectivity index (χ1) is 5.77. The van der Waals surface area contributed by atoms with Crippen LogP contribution in [0.25, 0.3) is 0 Å². The largest absolute Gasteiger partial charge is 0.460 e. The first-order valence-corrected chi connectivity index (χ1v) is 3.67. The van der Waals surface area contributed by atoms with Crippen LogP contribution in [0.3, 0.4) is 0 Å². The van der Waals surface area contributed by atoms with E-state index in [2.05, 4.69) is 15.3 Å². The highest BCUT2D eigenvalue weighted by atomic mass is 16.5. The molecule has 0 bridgehead atoms. The van der Waals surface area contributed by atoms with Crippen LogP contribution >= 0.6 is 0 Å². The minimum absolute atomic E-state index is 0.223. The molecule has 0 spiro atoms. The number of imidazole rings is 1. The zero-order valence-corrected chi connectivity index (χ0v) is 7.05. The molecule has 12 heavy (non-hydrogen) atoms. The predicted octanol–water partition coefficient (Wildman–Crippen LogP) is 0.628. The number of rotatable bonds is 3. The number of anilines is 1. The molecule has 0 fully saturated rings. The number of ether oxygens (including phenoxy) is 1. The SMILES string of the molecule is CCOC(=O)c1ncc(NC)[nH]1. The summed E-state index contributed by atoms with van der Waals surface area (Å²) in [4.78, 5) is 17.6. The van der Waals surface area contributed by atoms with Crippen LogP contribution in [0.1, 0.15) is 17.5 Å². The van der Waals surface area contributed by atoms with Gasteiger partial charge in [0.2, 0.25) is 5.82 Å². The fraction of sp³-hybridized carbons (Fsp3) is 0.429. The lowest BCUT2D eigenvalue weighted by molar-refractivity contribution is 0.0513. The van der Waals surface area contributed by atoms with Gasteiger partial charge in [0.25, 0.3) is 0 Å². The van der Waals surface area contributed by atoms with E-state index in [1.807, 2.05) is 0 Å². The molecule has 5 heteroatoms. The summed E-state index contributed by atoms with van der Waals surface area (Å²) in [6.45, 7) is 2.11. The lowest BCUT2D eigenvalue weighted by Gasteiger charge is -1.96. The summed E-state index contributed by atoms with van der Waals surface area (Å²) in [5.41, 5.74) is 0. The number of nitrogens with one attached hydrogen (secondary N) is 2. The highest BCUT2D eigenvalue weighted by Crippen LogP contribution is 2.02. The van der Waals surface area contributed by atoms with Gasteiger partial charge in [-0.05, 0) is 6.92 Å². The van der Waals surface area contributed by atoms with Gasteiger partial charge in [0.05, 0.1) is 12.8 Å². The highest BCUT2D eigenvalue weighted by Gasteiger charge is 2.09. The molecule has 0 amide bonds. The first kappa shape index (κ1) is 8.58. The molecule has 1 rings (SSSR count). The average Bonchev–Trinajstić information content (AvgIpc) is 2.52. The van der Waals surface area contributed by atoms with Gasteiger partial charge in [0, 0.05) is 7.05 Å². The van der Waals surface area contributed by atoms with Crippen molar-refractivity contribution in [3.05, 3.63) is 12.0 Å². The number of aromatic nitrogens is 2. The van der Waals surface area contributed by atoms with Crippen molar-refractivity contribution in [3.8, 4) is 0 Å². The molecular formula is C7H11N3O2. The molecule has 0 radical (unpaired) electrons. The maximum atomic E-state index is 11.0. The Morgan fingerprint density at radius 1 is 1.83 bits per heavy atom. The minimum atomic E-state index is -0.431. The van der Waals surface area contributed by atoms with Crippen LogP contribution in [0, 0.1) is 0 Å². The van der Waals surface area contributed by atoms with E-state index in [1.165, 1.54) is 6.20 Å². The molecule has 0 aliphatic rings. The van der Waals surface area contributed by atoms with E-state index in [9.17, 15) is 4.79 Å². The topological polar surface area (TPSA) is 67.0 Å². The van der Waals surface area contributed by atoms with Gasteiger partial charge < -0.3 is 15.0 Å². The molecule has 2 N–H and O–H groups in total. The van der Waals surface area contributed by atoms with Crippen molar-refractivity contribution in [2.24, 2.45) is 0 Å². The Kier molecular flexibility index (Phi) is 2.68. The fourth-order valence-corrected chi connectivity index (χ4v) is 0.751. The van der Waals surface area contributed by atoms with E-state index in [-0.39, 0.29) is 5.82 Å². The summed E-state index contributed by atoms with van der Waals surface area (Å²) in [6, 6.07) is 0.